The van der Waals surface area contributed by atoms with Crippen LogP contribution in [0.3, 0.4) is 0 Å². The molecule has 0 spiro atoms. The van der Waals surface area contributed by atoms with E-state index in [0.717, 1.165) is 22.5 Å². The molecular formula is C22H24N4O2. The van der Waals surface area contributed by atoms with Gasteiger partial charge in [0.25, 0.3) is 0 Å². The number of nitrogens with zero attached hydrogens (tertiary/aromatic N) is 3. The van der Waals surface area contributed by atoms with E-state index in [1.54, 1.807) is 12.4 Å². The van der Waals surface area contributed by atoms with Crippen molar-refractivity contribution < 1.29 is 9.53 Å². The highest BCUT2D eigenvalue weighted by Crippen LogP contribution is 2.24. The van der Waals surface area contributed by atoms with Crippen molar-refractivity contribution >= 4 is 12.2 Å². The fourth-order valence-corrected chi connectivity index (χ4v) is 2.60. The third kappa shape index (κ3) is 5.30. The highest BCUT2D eigenvalue weighted by molar-refractivity contribution is 5.72. The van der Waals surface area contributed by atoms with Gasteiger partial charge in [0.05, 0.1) is 5.69 Å². The SMILES string of the molecule is CC(C)(C)OC(=O)NCC=Cc1cn(-c2ccccc2)nc1-c1ccncc1. The van der Waals surface area contributed by atoms with Crippen molar-refractivity contribution in [2.75, 3.05) is 6.54 Å². The van der Waals surface area contributed by atoms with Gasteiger partial charge in [-0.3, -0.25) is 4.98 Å². The Morgan fingerprint density at radius 1 is 1.14 bits per heavy atom. The molecule has 2 heterocycles. The molecule has 3 rings (SSSR count). The molecule has 1 N–H and O–H groups in total. The summed E-state index contributed by atoms with van der Waals surface area (Å²) in [5, 5.41) is 7.46. The van der Waals surface area contributed by atoms with Crippen LogP contribution < -0.4 is 5.32 Å². The molecule has 1 aromatic carbocycles. The van der Waals surface area contributed by atoms with Crippen LogP contribution in [-0.2, 0) is 4.74 Å². The number of para-hydroxylation sites is 1. The Labute approximate surface area is 164 Å². The number of rotatable bonds is 5. The lowest BCUT2D eigenvalue weighted by molar-refractivity contribution is 0.0534. The predicted molar refractivity (Wildman–Crippen MR) is 110 cm³/mol. The Morgan fingerprint density at radius 2 is 1.86 bits per heavy atom. The summed E-state index contributed by atoms with van der Waals surface area (Å²) in [4.78, 5) is 15.8. The minimum Gasteiger partial charge on any atom is -0.444 e. The average molecular weight is 376 g/mol. The largest absolute Gasteiger partial charge is 0.444 e. The molecule has 0 aliphatic carbocycles. The molecule has 6 heteroatoms. The number of alkyl carbamates (subject to hydrolysis) is 1. The number of hydrogen-bond acceptors (Lipinski definition) is 4. The zero-order chi connectivity index (χ0) is 20.0. The summed E-state index contributed by atoms with van der Waals surface area (Å²) in [5.41, 5.74) is 3.23. The van der Waals surface area contributed by atoms with E-state index in [4.69, 9.17) is 9.84 Å². The molecule has 3 aromatic rings. The summed E-state index contributed by atoms with van der Waals surface area (Å²) in [6.07, 6.45) is 8.84. The lowest BCUT2D eigenvalue weighted by Gasteiger charge is -2.19. The van der Waals surface area contributed by atoms with Crippen LogP contribution in [0.4, 0.5) is 4.79 Å². The minimum absolute atomic E-state index is 0.362. The minimum atomic E-state index is -0.515. The predicted octanol–water partition coefficient (Wildman–Crippen LogP) is 4.47. The normalized spacial score (nSPS) is 11.5. The smallest absolute Gasteiger partial charge is 0.407 e. The van der Waals surface area contributed by atoms with Crippen LogP contribution in [0, 0.1) is 0 Å². The van der Waals surface area contributed by atoms with Crippen molar-refractivity contribution in [2.45, 2.75) is 26.4 Å². The zero-order valence-electron chi connectivity index (χ0n) is 16.3. The molecule has 0 fully saturated rings. The van der Waals surface area contributed by atoms with Gasteiger partial charge in [-0.05, 0) is 45.0 Å². The van der Waals surface area contributed by atoms with Gasteiger partial charge in [-0.2, -0.15) is 5.10 Å². The van der Waals surface area contributed by atoms with E-state index in [2.05, 4.69) is 10.3 Å². The van der Waals surface area contributed by atoms with E-state index in [0.29, 0.717) is 6.54 Å². The number of benzene rings is 1. The van der Waals surface area contributed by atoms with E-state index in [1.807, 2.05) is 86.3 Å². The fraction of sp³-hybridized carbons (Fsp3) is 0.227. The van der Waals surface area contributed by atoms with Crippen molar-refractivity contribution in [1.82, 2.24) is 20.1 Å². The zero-order valence-corrected chi connectivity index (χ0v) is 16.3. The van der Waals surface area contributed by atoms with Crippen molar-refractivity contribution in [3.63, 3.8) is 0 Å². The molecule has 0 saturated carbocycles. The second kappa shape index (κ2) is 8.52. The third-order valence-electron chi connectivity index (χ3n) is 3.78. The van der Waals surface area contributed by atoms with E-state index in [1.165, 1.54) is 0 Å². The van der Waals surface area contributed by atoms with Crippen LogP contribution in [-0.4, -0.2) is 33.0 Å². The molecule has 144 valence electrons. The first-order valence-corrected chi connectivity index (χ1v) is 9.11. The second-order valence-electron chi connectivity index (χ2n) is 7.23. The Bertz CT molecular complexity index is 942. The number of pyridine rings is 1. The lowest BCUT2D eigenvalue weighted by atomic mass is 10.1. The number of hydrogen-bond donors (Lipinski definition) is 1. The molecule has 28 heavy (non-hydrogen) atoms. The van der Waals surface area contributed by atoms with E-state index in [9.17, 15) is 4.79 Å². The third-order valence-corrected chi connectivity index (χ3v) is 3.78. The Balaban J connectivity index is 1.79. The van der Waals surface area contributed by atoms with Crippen molar-refractivity contribution in [2.24, 2.45) is 0 Å². The number of amides is 1. The first kappa shape index (κ1) is 19.4. The number of ether oxygens (including phenoxy) is 1. The van der Waals surface area contributed by atoms with Gasteiger partial charge in [-0.25, -0.2) is 9.48 Å². The van der Waals surface area contributed by atoms with Gasteiger partial charge in [0.1, 0.15) is 11.3 Å². The molecule has 1 amide bonds. The Hall–Kier alpha value is -3.41. The average Bonchev–Trinajstić information content (AvgIpc) is 3.09. The molecule has 0 radical (unpaired) electrons. The molecule has 0 bridgehead atoms. The van der Waals surface area contributed by atoms with E-state index < -0.39 is 11.7 Å². The van der Waals surface area contributed by atoms with Gasteiger partial charge in [0, 0.05) is 36.3 Å². The summed E-state index contributed by atoms with van der Waals surface area (Å²) >= 11 is 0. The molecular weight excluding hydrogens is 352 g/mol. The maximum absolute atomic E-state index is 11.8. The maximum Gasteiger partial charge on any atom is 0.407 e. The van der Waals surface area contributed by atoms with E-state index in [-0.39, 0.29) is 0 Å². The van der Waals surface area contributed by atoms with Gasteiger partial charge in [0.2, 0.25) is 0 Å². The van der Waals surface area contributed by atoms with Crippen LogP contribution in [0.2, 0.25) is 0 Å². The topological polar surface area (TPSA) is 69.0 Å². The lowest BCUT2D eigenvalue weighted by Crippen LogP contribution is -2.32. The number of carbonyl (C=O) groups is 1. The summed E-state index contributed by atoms with van der Waals surface area (Å²) in [6, 6.07) is 13.8. The van der Waals surface area contributed by atoms with Crippen LogP contribution in [0.15, 0.2) is 67.1 Å². The quantitative estimate of drug-likeness (QED) is 0.713. The molecule has 6 nitrogen and oxygen atoms in total. The second-order valence-corrected chi connectivity index (χ2v) is 7.23. The number of nitrogens with one attached hydrogen (secondary N) is 1. The van der Waals surface area contributed by atoms with Crippen LogP contribution in [0.1, 0.15) is 26.3 Å². The fourth-order valence-electron chi connectivity index (χ4n) is 2.60. The number of aromatic nitrogens is 3. The molecule has 0 saturated heterocycles. The van der Waals surface area contributed by atoms with Gasteiger partial charge in [0.15, 0.2) is 0 Å². The Morgan fingerprint density at radius 3 is 2.54 bits per heavy atom. The standard InChI is InChI=1S/C22H24N4O2/c1-22(2,3)28-21(27)24-13-7-8-18-16-26(19-9-5-4-6-10-19)25-20(18)17-11-14-23-15-12-17/h4-12,14-16H,13H2,1-3H3,(H,24,27). The Kier molecular flexibility index (Phi) is 5.89. The van der Waals surface area contributed by atoms with Crippen LogP contribution in [0.5, 0.6) is 0 Å². The number of carbonyl (C=O) groups excluding carboxylic acids is 1. The molecule has 0 unspecified atom stereocenters. The van der Waals surface area contributed by atoms with Gasteiger partial charge >= 0.3 is 6.09 Å². The van der Waals surface area contributed by atoms with Crippen LogP contribution in [0.25, 0.3) is 23.0 Å². The summed E-state index contributed by atoms with van der Waals surface area (Å²) in [5.74, 6) is 0. The molecule has 0 aliphatic heterocycles. The summed E-state index contributed by atoms with van der Waals surface area (Å²) < 4.78 is 7.08. The summed E-state index contributed by atoms with van der Waals surface area (Å²) in [7, 11) is 0. The first-order chi connectivity index (χ1) is 13.4. The van der Waals surface area contributed by atoms with Gasteiger partial charge in [-0.1, -0.05) is 30.4 Å². The van der Waals surface area contributed by atoms with Gasteiger partial charge in [-0.15, -0.1) is 0 Å². The van der Waals surface area contributed by atoms with Crippen LogP contribution >= 0.6 is 0 Å². The molecule has 0 atom stereocenters. The molecule has 0 aliphatic rings. The highest BCUT2D eigenvalue weighted by Gasteiger charge is 2.15. The van der Waals surface area contributed by atoms with Gasteiger partial charge < -0.3 is 10.1 Å². The first-order valence-electron chi connectivity index (χ1n) is 9.11. The summed E-state index contributed by atoms with van der Waals surface area (Å²) in [6.45, 7) is 5.87. The van der Waals surface area contributed by atoms with Crippen molar-refractivity contribution in [3.8, 4) is 16.9 Å². The monoisotopic (exact) mass is 376 g/mol. The maximum atomic E-state index is 11.8. The van der Waals surface area contributed by atoms with Crippen molar-refractivity contribution in [1.29, 1.82) is 0 Å². The highest BCUT2D eigenvalue weighted by atomic mass is 16.6. The van der Waals surface area contributed by atoms with E-state index >= 15 is 0 Å². The van der Waals surface area contributed by atoms with Crippen molar-refractivity contribution in [3.05, 3.63) is 72.7 Å². The molecule has 2 aromatic heterocycles.